The molecule has 1 atom stereocenters. The van der Waals surface area contributed by atoms with Crippen LogP contribution in [0.4, 0.5) is 10.1 Å². The number of nitrogens with zero attached hydrogens (tertiary/aromatic N) is 2. The van der Waals surface area contributed by atoms with Crippen molar-refractivity contribution in [2.75, 3.05) is 18.5 Å². The fourth-order valence-electron chi connectivity index (χ4n) is 1.94. The summed E-state index contributed by atoms with van der Waals surface area (Å²) in [4.78, 5) is 17.4. The lowest BCUT2D eigenvalue weighted by Gasteiger charge is -2.27. The largest absolute Gasteiger partial charge is 0.370 e. The molecular formula is C16H18FN3O. The first-order valence-electron chi connectivity index (χ1n) is 6.75. The molecule has 0 aliphatic carbocycles. The molecule has 0 fully saturated rings. The zero-order valence-electron chi connectivity index (χ0n) is 12.1. The Labute approximate surface area is 123 Å². The van der Waals surface area contributed by atoms with Crippen LogP contribution in [0.3, 0.4) is 0 Å². The fraction of sp³-hybridized carbons (Fsp3) is 0.250. The summed E-state index contributed by atoms with van der Waals surface area (Å²) in [5.74, 6) is -0.957. The van der Waals surface area contributed by atoms with Crippen molar-refractivity contribution in [2.24, 2.45) is 0 Å². The van der Waals surface area contributed by atoms with Crippen molar-refractivity contribution in [3.8, 4) is 0 Å². The first-order chi connectivity index (χ1) is 10.1. The smallest absolute Gasteiger partial charge is 0.251 e. The minimum Gasteiger partial charge on any atom is -0.370 e. The van der Waals surface area contributed by atoms with Gasteiger partial charge >= 0.3 is 0 Å². The third kappa shape index (κ3) is 4.02. The van der Waals surface area contributed by atoms with Gasteiger partial charge in [0, 0.05) is 43.1 Å². The summed E-state index contributed by atoms with van der Waals surface area (Å²) in [6, 6.07) is 12.6. The Morgan fingerprint density at radius 3 is 2.71 bits per heavy atom. The highest BCUT2D eigenvalue weighted by atomic mass is 19.1. The van der Waals surface area contributed by atoms with Gasteiger partial charge in [0.15, 0.2) is 0 Å². The van der Waals surface area contributed by atoms with Crippen molar-refractivity contribution in [2.45, 2.75) is 13.0 Å². The molecule has 0 aliphatic heterocycles. The van der Waals surface area contributed by atoms with Gasteiger partial charge in [-0.1, -0.05) is 18.2 Å². The van der Waals surface area contributed by atoms with E-state index < -0.39 is 5.95 Å². The molecule has 1 N–H and O–H groups in total. The van der Waals surface area contributed by atoms with Crippen LogP contribution in [-0.4, -0.2) is 30.5 Å². The van der Waals surface area contributed by atoms with Gasteiger partial charge in [0.2, 0.25) is 5.95 Å². The van der Waals surface area contributed by atoms with Gasteiger partial charge in [0.1, 0.15) is 0 Å². The summed E-state index contributed by atoms with van der Waals surface area (Å²) < 4.78 is 13.0. The number of benzene rings is 1. The average Bonchev–Trinajstić information content (AvgIpc) is 2.52. The van der Waals surface area contributed by atoms with E-state index in [4.69, 9.17) is 0 Å². The molecule has 1 heterocycles. The van der Waals surface area contributed by atoms with Crippen molar-refractivity contribution in [3.05, 3.63) is 60.2 Å². The van der Waals surface area contributed by atoms with Crippen LogP contribution in [0.5, 0.6) is 0 Å². The normalized spacial score (nSPS) is 11.8. The summed E-state index contributed by atoms with van der Waals surface area (Å²) in [6.45, 7) is 2.48. The average molecular weight is 287 g/mol. The van der Waals surface area contributed by atoms with Gasteiger partial charge in [-0.05, 0) is 25.1 Å². The highest BCUT2D eigenvalue weighted by Crippen LogP contribution is 2.13. The van der Waals surface area contributed by atoms with E-state index in [9.17, 15) is 9.18 Å². The zero-order valence-corrected chi connectivity index (χ0v) is 12.1. The summed E-state index contributed by atoms with van der Waals surface area (Å²) in [5, 5.41) is 2.80. The molecule has 1 amide bonds. The second-order valence-electron chi connectivity index (χ2n) is 4.87. The van der Waals surface area contributed by atoms with Gasteiger partial charge in [-0.15, -0.1) is 0 Å². The number of para-hydroxylation sites is 1. The number of aromatic nitrogens is 1. The van der Waals surface area contributed by atoms with E-state index in [0.29, 0.717) is 6.54 Å². The van der Waals surface area contributed by atoms with Crippen molar-refractivity contribution < 1.29 is 9.18 Å². The van der Waals surface area contributed by atoms with Crippen molar-refractivity contribution >= 4 is 11.6 Å². The molecule has 0 spiro atoms. The molecular weight excluding hydrogens is 269 g/mol. The number of carbonyl (C=O) groups is 1. The molecule has 0 radical (unpaired) electrons. The maximum Gasteiger partial charge on any atom is 0.251 e. The Bertz CT molecular complexity index is 603. The van der Waals surface area contributed by atoms with Crippen LogP contribution < -0.4 is 10.2 Å². The Kier molecular flexibility index (Phi) is 4.87. The SMILES string of the molecule is CC(CNC(=O)c1ccnc(F)c1)N(C)c1ccccc1. The summed E-state index contributed by atoms with van der Waals surface area (Å²) in [7, 11) is 1.97. The quantitative estimate of drug-likeness (QED) is 0.859. The molecule has 1 unspecified atom stereocenters. The Morgan fingerprint density at radius 2 is 2.05 bits per heavy atom. The minimum absolute atomic E-state index is 0.114. The van der Waals surface area contributed by atoms with Crippen LogP contribution in [0.2, 0.25) is 0 Å². The molecule has 1 aromatic carbocycles. The maximum absolute atomic E-state index is 13.0. The van der Waals surface area contributed by atoms with E-state index in [2.05, 4.69) is 15.2 Å². The number of anilines is 1. The number of hydrogen-bond donors (Lipinski definition) is 1. The molecule has 0 bridgehead atoms. The minimum atomic E-state index is -0.655. The van der Waals surface area contributed by atoms with Gasteiger partial charge in [-0.3, -0.25) is 4.79 Å². The van der Waals surface area contributed by atoms with Crippen LogP contribution in [-0.2, 0) is 0 Å². The summed E-state index contributed by atoms with van der Waals surface area (Å²) >= 11 is 0. The molecule has 4 nitrogen and oxygen atoms in total. The number of pyridine rings is 1. The van der Waals surface area contributed by atoms with E-state index in [1.807, 2.05) is 44.3 Å². The highest BCUT2D eigenvalue weighted by molar-refractivity contribution is 5.94. The molecule has 2 rings (SSSR count). The fourth-order valence-corrected chi connectivity index (χ4v) is 1.94. The van der Waals surface area contributed by atoms with Gasteiger partial charge in [0.25, 0.3) is 5.91 Å². The van der Waals surface area contributed by atoms with Crippen molar-refractivity contribution in [3.63, 3.8) is 0 Å². The topological polar surface area (TPSA) is 45.2 Å². The number of hydrogen-bond acceptors (Lipinski definition) is 3. The third-order valence-electron chi connectivity index (χ3n) is 3.37. The lowest BCUT2D eigenvalue weighted by atomic mass is 10.2. The van der Waals surface area contributed by atoms with E-state index in [0.717, 1.165) is 11.8 Å². The van der Waals surface area contributed by atoms with E-state index in [1.54, 1.807) is 0 Å². The predicted octanol–water partition coefficient (Wildman–Crippen LogP) is 2.48. The van der Waals surface area contributed by atoms with Gasteiger partial charge in [0.05, 0.1) is 0 Å². The molecule has 2 aromatic rings. The van der Waals surface area contributed by atoms with Crippen molar-refractivity contribution in [1.82, 2.24) is 10.3 Å². The van der Waals surface area contributed by atoms with Crippen LogP contribution in [0.15, 0.2) is 48.7 Å². The second-order valence-corrected chi connectivity index (χ2v) is 4.87. The lowest BCUT2D eigenvalue weighted by molar-refractivity contribution is 0.0951. The molecule has 21 heavy (non-hydrogen) atoms. The van der Waals surface area contributed by atoms with E-state index >= 15 is 0 Å². The number of amides is 1. The monoisotopic (exact) mass is 287 g/mol. The standard InChI is InChI=1S/C16H18FN3O/c1-12(20(2)14-6-4-3-5-7-14)11-19-16(21)13-8-9-18-15(17)10-13/h3-10,12H,11H2,1-2H3,(H,19,21). The van der Waals surface area contributed by atoms with Crippen LogP contribution in [0, 0.1) is 5.95 Å². The zero-order chi connectivity index (χ0) is 15.2. The first-order valence-corrected chi connectivity index (χ1v) is 6.75. The summed E-state index contributed by atoms with van der Waals surface area (Å²) in [6.07, 6.45) is 1.28. The summed E-state index contributed by atoms with van der Waals surface area (Å²) in [5.41, 5.74) is 1.35. The van der Waals surface area contributed by atoms with Crippen LogP contribution in [0.25, 0.3) is 0 Å². The van der Waals surface area contributed by atoms with Crippen LogP contribution >= 0.6 is 0 Å². The van der Waals surface area contributed by atoms with E-state index in [1.165, 1.54) is 12.3 Å². The third-order valence-corrected chi connectivity index (χ3v) is 3.37. The number of nitrogens with one attached hydrogen (secondary N) is 1. The first kappa shape index (κ1) is 15.0. The van der Waals surface area contributed by atoms with Gasteiger partial charge in [-0.25, -0.2) is 4.98 Å². The second kappa shape index (κ2) is 6.83. The van der Waals surface area contributed by atoms with Gasteiger partial charge < -0.3 is 10.2 Å². The van der Waals surface area contributed by atoms with Crippen molar-refractivity contribution in [1.29, 1.82) is 0 Å². The highest BCUT2D eigenvalue weighted by Gasteiger charge is 2.12. The molecule has 1 aromatic heterocycles. The number of halogens is 1. The molecule has 110 valence electrons. The predicted molar refractivity (Wildman–Crippen MR) is 80.8 cm³/mol. The number of carbonyl (C=O) groups excluding carboxylic acids is 1. The van der Waals surface area contributed by atoms with Crippen LogP contribution in [0.1, 0.15) is 17.3 Å². The number of likely N-dealkylation sites (N-methyl/N-ethyl adjacent to an activating group) is 1. The molecule has 0 saturated carbocycles. The van der Waals surface area contributed by atoms with E-state index in [-0.39, 0.29) is 17.5 Å². The molecule has 0 aliphatic rings. The Balaban J connectivity index is 1.92. The maximum atomic E-state index is 13.0. The van der Waals surface area contributed by atoms with Gasteiger partial charge in [-0.2, -0.15) is 4.39 Å². The Hall–Kier alpha value is -2.43. The number of rotatable bonds is 5. The molecule has 5 heteroatoms. The molecule has 0 saturated heterocycles. The lowest BCUT2D eigenvalue weighted by Crippen LogP contribution is -2.40. The Morgan fingerprint density at radius 1 is 1.33 bits per heavy atom.